The first-order chi connectivity index (χ1) is 14.0. The number of rotatable bonds is 7. The van der Waals surface area contributed by atoms with E-state index in [-0.39, 0.29) is 18.7 Å². The minimum Gasteiger partial charge on any atom is -0.507 e. The van der Waals surface area contributed by atoms with E-state index < -0.39 is 64.6 Å². The number of nitrogens with zero attached hydrogens (tertiary/aromatic N) is 2. The summed E-state index contributed by atoms with van der Waals surface area (Å²) >= 11 is 0. The van der Waals surface area contributed by atoms with Gasteiger partial charge in [0.05, 0.1) is 23.3 Å². The van der Waals surface area contributed by atoms with E-state index in [1.165, 1.54) is 6.07 Å². The predicted octanol–water partition coefficient (Wildman–Crippen LogP) is 2.71. The fourth-order valence-electron chi connectivity index (χ4n) is 1.71. The normalized spacial score (nSPS) is 12.8. The van der Waals surface area contributed by atoms with Gasteiger partial charge in [-0.25, -0.2) is 4.79 Å². The van der Waals surface area contributed by atoms with Crippen molar-refractivity contribution < 1.29 is 35.2 Å². The molecular formula is C17H15N3O6. The Balaban J connectivity index is 2.40. The Hall–Kier alpha value is -3.75. The molecular weight excluding hydrogens is 342 g/mol. The van der Waals surface area contributed by atoms with Gasteiger partial charge in [-0.15, -0.1) is 0 Å². The van der Waals surface area contributed by atoms with Gasteiger partial charge < -0.3 is 20.6 Å². The zero-order valence-electron chi connectivity index (χ0n) is 17.1. The molecule has 0 aromatic heterocycles. The van der Waals surface area contributed by atoms with Gasteiger partial charge >= 0.3 is 11.9 Å². The number of aromatic carboxylic acids is 1. The first-order valence-electron chi connectivity index (χ1n) is 9.13. The van der Waals surface area contributed by atoms with E-state index in [4.69, 9.17) is 15.7 Å². The minimum absolute atomic E-state index is 0.0300. The van der Waals surface area contributed by atoms with Gasteiger partial charge in [-0.1, -0.05) is 0 Å². The van der Waals surface area contributed by atoms with Gasteiger partial charge in [0, 0.05) is 12.1 Å². The number of phenols is 1. The van der Waals surface area contributed by atoms with Crippen molar-refractivity contribution in [3.63, 3.8) is 0 Å². The Morgan fingerprint density at radius 1 is 1.04 bits per heavy atom. The van der Waals surface area contributed by atoms with Crippen molar-refractivity contribution in [2.75, 3.05) is 6.54 Å². The summed E-state index contributed by atoms with van der Waals surface area (Å²) in [6.07, 6.45) is -0.384. The fourth-order valence-corrected chi connectivity index (χ4v) is 1.71. The number of carboxylic acids is 2. The monoisotopic (exact) mass is 361 g/mol. The predicted molar refractivity (Wildman–Crippen MR) is 90.3 cm³/mol. The number of carboxylic acid groups (broad SMARTS) is 2. The van der Waals surface area contributed by atoms with E-state index in [0.717, 1.165) is 12.1 Å². The van der Waals surface area contributed by atoms with E-state index in [1.807, 2.05) is 0 Å². The van der Waals surface area contributed by atoms with Crippen LogP contribution >= 0.6 is 0 Å². The highest BCUT2D eigenvalue weighted by Gasteiger charge is 2.10. The number of benzene rings is 2. The molecule has 0 saturated heterocycles. The molecule has 0 saturated carbocycles. The van der Waals surface area contributed by atoms with Crippen molar-refractivity contribution >= 4 is 29.2 Å². The third kappa shape index (κ3) is 5.13. The molecule has 4 N–H and O–H groups in total. The quantitative estimate of drug-likeness (QED) is 0.557. The van der Waals surface area contributed by atoms with Crippen molar-refractivity contribution in [2.45, 2.75) is 6.42 Å². The Bertz CT molecular complexity index is 1040. The molecule has 0 radical (unpaired) electrons. The lowest BCUT2D eigenvalue weighted by molar-refractivity contribution is -0.136. The van der Waals surface area contributed by atoms with Crippen LogP contribution in [0.15, 0.2) is 52.6 Å². The van der Waals surface area contributed by atoms with Gasteiger partial charge in [-0.2, -0.15) is 10.2 Å². The van der Waals surface area contributed by atoms with Crippen molar-refractivity contribution in [1.82, 2.24) is 5.32 Å². The second-order valence-corrected chi connectivity index (χ2v) is 4.83. The molecule has 0 unspecified atom stereocenters. The van der Waals surface area contributed by atoms with E-state index in [0.29, 0.717) is 0 Å². The molecule has 2 aromatic carbocycles. The van der Waals surface area contributed by atoms with Crippen molar-refractivity contribution in [3.8, 4) is 5.75 Å². The molecule has 0 bridgehead atoms. The average molecular weight is 361 g/mol. The first kappa shape index (κ1) is 13.5. The molecule has 26 heavy (non-hydrogen) atoms. The van der Waals surface area contributed by atoms with Gasteiger partial charge in [0.1, 0.15) is 11.3 Å². The van der Waals surface area contributed by atoms with Gasteiger partial charge in [0.25, 0.3) is 5.91 Å². The van der Waals surface area contributed by atoms with Crippen molar-refractivity contribution in [1.29, 1.82) is 0 Å². The molecule has 1 amide bonds. The maximum Gasteiger partial charge on any atom is 0.339 e. The Morgan fingerprint density at radius 3 is 2.31 bits per heavy atom. The van der Waals surface area contributed by atoms with Gasteiger partial charge in [-0.3, -0.25) is 9.59 Å². The first-order valence-corrected chi connectivity index (χ1v) is 7.13. The molecule has 0 atom stereocenters. The lowest BCUT2D eigenvalue weighted by Gasteiger charge is -2.03. The van der Waals surface area contributed by atoms with E-state index in [2.05, 4.69) is 15.5 Å². The second kappa shape index (κ2) is 8.38. The molecule has 9 heteroatoms. The van der Waals surface area contributed by atoms with E-state index in [9.17, 15) is 19.5 Å². The summed E-state index contributed by atoms with van der Waals surface area (Å²) in [6.45, 7) is -0.262. The van der Waals surface area contributed by atoms with Gasteiger partial charge in [0.2, 0.25) is 0 Å². The Kier molecular flexibility index (Phi) is 4.36. The molecule has 2 rings (SSSR count). The summed E-state index contributed by atoms with van der Waals surface area (Å²) in [7, 11) is 0. The summed E-state index contributed by atoms with van der Waals surface area (Å²) in [4.78, 5) is 33.7. The van der Waals surface area contributed by atoms with Crippen molar-refractivity contribution in [2.24, 2.45) is 10.2 Å². The van der Waals surface area contributed by atoms with Crippen LogP contribution in [0, 0.1) is 0 Å². The fraction of sp³-hybridized carbons (Fsp3) is 0.118. The van der Waals surface area contributed by atoms with Gasteiger partial charge in [0.15, 0.2) is 0 Å². The van der Waals surface area contributed by atoms with Crippen LogP contribution in [-0.4, -0.2) is 39.7 Å². The third-order valence-corrected chi connectivity index (χ3v) is 2.94. The third-order valence-electron chi connectivity index (χ3n) is 2.94. The van der Waals surface area contributed by atoms with Gasteiger partial charge in [-0.05, 0) is 42.4 Å². The number of aromatic hydroxyl groups is 1. The van der Waals surface area contributed by atoms with Crippen LogP contribution in [0.4, 0.5) is 11.4 Å². The molecule has 134 valence electrons. The van der Waals surface area contributed by atoms with Crippen LogP contribution in [0.3, 0.4) is 0 Å². The lowest BCUT2D eigenvalue weighted by Crippen LogP contribution is -2.25. The molecule has 0 aliphatic carbocycles. The standard InChI is InChI=1S/C17H15N3O6/c21-14-6-5-12(9-13(14)17(25)26)20-19-11-3-1-10(2-4-11)16(24)18-8-7-15(22)23/h1-6,9,21H,7-8H2,(H,18,24)(H,22,23)(H,25,26)/i1D,2D,3D,4D. The molecule has 0 spiro atoms. The molecule has 2 aromatic rings. The highest BCUT2D eigenvalue weighted by atomic mass is 16.4. The van der Waals surface area contributed by atoms with Crippen LogP contribution < -0.4 is 5.32 Å². The van der Waals surface area contributed by atoms with Crippen LogP contribution in [0.25, 0.3) is 0 Å². The minimum atomic E-state index is -1.41. The molecule has 0 aliphatic rings. The summed E-state index contributed by atoms with van der Waals surface area (Å²) in [5, 5.41) is 36.6. The second-order valence-electron chi connectivity index (χ2n) is 4.83. The number of nitrogens with one attached hydrogen (secondary N) is 1. The summed E-state index contributed by atoms with van der Waals surface area (Å²) in [6, 6.07) is 0.566. The van der Waals surface area contributed by atoms with E-state index in [1.54, 1.807) is 0 Å². The van der Waals surface area contributed by atoms with E-state index >= 15 is 0 Å². The highest BCUT2D eigenvalue weighted by Crippen LogP contribution is 2.25. The van der Waals surface area contributed by atoms with Crippen LogP contribution in [0.5, 0.6) is 5.75 Å². The zero-order valence-corrected chi connectivity index (χ0v) is 13.1. The number of hydrogen-bond donors (Lipinski definition) is 4. The van der Waals surface area contributed by atoms with Crippen LogP contribution in [0.2, 0.25) is 0 Å². The highest BCUT2D eigenvalue weighted by molar-refractivity contribution is 5.94. The summed E-state index contributed by atoms with van der Waals surface area (Å²) in [5.41, 5.74) is -1.54. The number of azo groups is 1. The smallest absolute Gasteiger partial charge is 0.339 e. The number of aliphatic carboxylic acids is 1. The molecule has 9 nitrogen and oxygen atoms in total. The Labute approximate surface area is 153 Å². The maximum atomic E-state index is 12.2. The van der Waals surface area contributed by atoms with Crippen molar-refractivity contribution in [3.05, 3.63) is 53.5 Å². The number of hydrogen-bond acceptors (Lipinski definition) is 6. The number of amides is 1. The number of carbonyl (C=O) groups excluding carboxylic acids is 1. The van der Waals surface area contributed by atoms with Crippen LogP contribution in [0.1, 0.15) is 32.6 Å². The SMILES string of the molecule is [2H]c1c([2H])c(C(=O)NCCC(=O)O)c([2H])c([2H])c1N=Nc1ccc(O)c(C(=O)O)c1. The molecule has 0 aliphatic heterocycles. The average Bonchev–Trinajstić information content (AvgIpc) is 2.67. The topological polar surface area (TPSA) is 149 Å². The molecule has 0 fully saturated rings. The Morgan fingerprint density at radius 2 is 1.69 bits per heavy atom. The van der Waals surface area contributed by atoms with Crippen LogP contribution in [-0.2, 0) is 4.79 Å². The largest absolute Gasteiger partial charge is 0.507 e. The summed E-state index contributed by atoms with van der Waals surface area (Å²) < 4.78 is 31.8. The lowest BCUT2D eigenvalue weighted by atomic mass is 10.2. The summed E-state index contributed by atoms with van der Waals surface area (Å²) in [5.74, 6) is -4.04. The maximum absolute atomic E-state index is 12.2. The number of carbonyl (C=O) groups is 3. The zero-order chi connectivity index (χ0) is 22.6. The molecule has 0 heterocycles.